The highest BCUT2D eigenvalue weighted by molar-refractivity contribution is 7.99. The van der Waals surface area contributed by atoms with Crippen molar-refractivity contribution >= 4 is 23.4 Å². The summed E-state index contributed by atoms with van der Waals surface area (Å²) in [6.07, 6.45) is -0.0669. The molecule has 0 saturated carbocycles. The number of rotatable bonds is 4. The van der Waals surface area contributed by atoms with E-state index in [4.69, 9.17) is 0 Å². The normalized spacial score (nSPS) is 17.2. The summed E-state index contributed by atoms with van der Waals surface area (Å²) in [7, 11) is 1.66. The molecular weight excluding hydrogens is 336 g/mol. The van der Waals surface area contributed by atoms with Crippen LogP contribution in [0, 0.1) is 10.1 Å². The van der Waals surface area contributed by atoms with Gasteiger partial charge in [-0.1, -0.05) is 0 Å². The van der Waals surface area contributed by atoms with Crippen LogP contribution in [0.5, 0.6) is 0 Å². The molecular formula is C13H14N6O4S. The van der Waals surface area contributed by atoms with Gasteiger partial charge in [-0.05, 0) is 34.7 Å². The number of aliphatic hydroxyl groups excluding tert-OH is 1. The van der Waals surface area contributed by atoms with E-state index < -0.39 is 11.0 Å². The number of aromatic nitrogens is 4. The lowest BCUT2D eigenvalue weighted by Crippen LogP contribution is -2.30. The molecule has 24 heavy (non-hydrogen) atoms. The van der Waals surface area contributed by atoms with Crippen molar-refractivity contribution in [1.29, 1.82) is 0 Å². The van der Waals surface area contributed by atoms with Gasteiger partial charge in [-0.25, -0.2) is 4.68 Å². The fraction of sp³-hybridized carbons (Fsp3) is 0.385. The lowest BCUT2D eigenvalue weighted by Gasteiger charge is -2.17. The Balaban J connectivity index is 1.97. The molecule has 0 bridgehead atoms. The van der Waals surface area contributed by atoms with Gasteiger partial charge in [0.05, 0.1) is 16.6 Å². The van der Waals surface area contributed by atoms with Crippen molar-refractivity contribution in [2.24, 2.45) is 7.05 Å². The quantitative estimate of drug-likeness (QED) is 0.623. The standard InChI is InChI=1S/C13H14N6O4S/c1-17-13(14-15-16-17)24-11-3-2-8(19(22)23)6-10(11)12(21)18-5-4-9(20)7-18/h2-3,6,9,20H,4-5,7H2,1H3/t9-/m1/s1. The molecule has 0 aliphatic carbocycles. The number of hydrogen-bond acceptors (Lipinski definition) is 8. The Morgan fingerprint density at radius 3 is 2.88 bits per heavy atom. The second-order valence-corrected chi connectivity index (χ2v) is 6.33. The van der Waals surface area contributed by atoms with E-state index in [1.165, 1.54) is 27.8 Å². The predicted molar refractivity (Wildman–Crippen MR) is 82.5 cm³/mol. The lowest BCUT2D eigenvalue weighted by atomic mass is 10.1. The summed E-state index contributed by atoms with van der Waals surface area (Å²) in [5.74, 6) is -0.354. The highest BCUT2D eigenvalue weighted by Crippen LogP contribution is 2.32. The average molecular weight is 350 g/mol. The Labute approximate surface area is 140 Å². The van der Waals surface area contributed by atoms with Crippen molar-refractivity contribution in [3.8, 4) is 0 Å². The minimum Gasteiger partial charge on any atom is -0.391 e. The van der Waals surface area contributed by atoms with E-state index in [1.807, 2.05) is 0 Å². The van der Waals surface area contributed by atoms with Gasteiger partial charge >= 0.3 is 0 Å². The summed E-state index contributed by atoms with van der Waals surface area (Å²) in [4.78, 5) is 25.2. The topological polar surface area (TPSA) is 127 Å². The minimum atomic E-state index is -0.563. The van der Waals surface area contributed by atoms with Crippen LogP contribution in [0.3, 0.4) is 0 Å². The summed E-state index contributed by atoms with van der Waals surface area (Å²) in [6, 6.07) is 4.10. The van der Waals surface area contributed by atoms with E-state index >= 15 is 0 Å². The number of nitro groups is 1. The van der Waals surface area contributed by atoms with E-state index in [0.29, 0.717) is 23.0 Å². The molecule has 2 heterocycles. The molecule has 0 radical (unpaired) electrons. The molecule has 10 nitrogen and oxygen atoms in total. The molecule has 1 amide bonds. The lowest BCUT2D eigenvalue weighted by molar-refractivity contribution is -0.384. The Morgan fingerprint density at radius 2 is 2.29 bits per heavy atom. The third kappa shape index (κ3) is 3.21. The Bertz CT molecular complexity index is 795. The molecule has 1 aliphatic rings. The van der Waals surface area contributed by atoms with Gasteiger partial charge in [0.2, 0.25) is 5.16 Å². The second kappa shape index (κ2) is 6.53. The highest BCUT2D eigenvalue weighted by atomic mass is 32.2. The zero-order chi connectivity index (χ0) is 17.3. The molecule has 11 heteroatoms. The molecule has 1 saturated heterocycles. The SMILES string of the molecule is Cn1nnnc1Sc1ccc([N+](=O)[O-])cc1C(=O)N1CC[C@@H](O)C1. The average Bonchev–Trinajstić information content (AvgIpc) is 3.16. The van der Waals surface area contributed by atoms with E-state index in [-0.39, 0.29) is 23.7 Å². The minimum absolute atomic E-state index is 0.168. The third-order valence-corrected chi connectivity index (χ3v) is 4.74. The number of nitro benzene ring substituents is 1. The van der Waals surface area contributed by atoms with Crippen LogP contribution in [-0.4, -0.2) is 60.2 Å². The van der Waals surface area contributed by atoms with E-state index in [0.717, 1.165) is 11.8 Å². The maximum absolute atomic E-state index is 12.7. The van der Waals surface area contributed by atoms with Crippen molar-refractivity contribution < 1.29 is 14.8 Å². The van der Waals surface area contributed by atoms with Crippen LogP contribution in [0.2, 0.25) is 0 Å². The fourth-order valence-corrected chi connectivity index (χ4v) is 3.23. The number of aryl methyl sites for hydroxylation is 1. The first-order valence-corrected chi connectivity index (χ1v) is 7.93. The number of likely N-dealkylation sites (tertiary alicyclic amines) is 1. The third-order valence-electron chi connectivity index (χ3n) is 3.64. The van der Waals surface area contributed by atoms with Gasteiger partial charge in [-0.15, -0.1) is 5.10 Å². The van der Waals surface area contributed by atoms with Gasteiger partial charge < -0.3 is 10.0 Å². The zero-order valence-corrected chi connectivity index (χ0v) is 13.5. The van der Waals surface area contributed by atoms with Crippen molar-refractivity contribution in [2.45, 2.75) is 22.6 Å². The maximum atomic E-state index is 12.7. The van der Waals surface area contributed by atoms with E-state index in [2.05, 4.69) is 15.5 Å². The number of benzene rings is 1. The Kier molecular flexibility index (Phi) is 4.44. The summed E-state index contributed by atoms with van der Waals surface area (Å²) >= 11 is 1.15. The molecule has 0 spiro atoms. The second-order valence-electron chi connectivity index (χ2n) is 5.32. The van der Waals surface area contributed by atoms with Crippen LogP contribution in [0.15, 0.2) is 28.3 Å². The van der Waals surface area contributed by atoms with Crippen molar-refractivity contribution in [1.82, 2.24) is 25.1 Å². The van der Waals surface area contributed by atoms with Crippen LogP contribution in [-0.2, 0) is 7.05 Å². The number of aliphatic hydroxyl groups is 1. The number of β-amino-alcohol motifs (C(OH)–C–C–N with tert-alkyl or cyclic N) is 1. The summed E-state index contributed by atoms with van der Waals surface area (Å²) in [6.45, 7) is 0.634. The molecule has 1 aromatic carbocycles. The summed E-state index contributed by atoms with van der Waals surface area (Å²) in [5, 5.41) is 32.2. The largest absolute Gasteiger partial charge is 0.391 e. The van der Waals surface area contributed by atoms with Crippen molar-refractivity contribution in [3.63, 3.8) is 0 Å². The zero-order valence-electron chi connectivity index (χ0n) is 12.7. The first-order chi connectivity index (χ1) is 11.5. The molecule has 1 fully saturated rings. The predicted octanol–water partition coefficient (Wildman–Crippen LogP) is 0.476. The van der Waals surface area contributed by atoms with Crippen LogP contribution in [0.25, 0.3) is 0 Å². The van der Waals surface area contributed by atoms with Crippen molar-refractivity contribution in [3.05, 3.63) is 33.9 Å². The first-order valence-electron chi connectivity index (χ1n) is 7.11. The molecule has 0 unspecified atom stereocenters. The molecule has 1 aromatic heterocycles. The number of tetrazole rings is 1. The Morgan fingerprint density at radius 1 is 1.50 bits per heavy atom. The summed E-state index contributed by atoms with van der Waals surface area (Å²) in [5.41, 5.74) is 0.0323. The number of hydrogen-bond donors (Lipinski definition) is 1. The Hall–Kier alpha value is -2.53. The van der Waals surface area contributed by atoms with Crippen LogP contribution >= 0.6 is 11.8 Å². The van der Waals surface area contributed by atoms with Crippen LogP contribution < -0.4 is 0 Å². The van der Waals surface area contributed by atoms with Crippen molar-refractivity contribution in [2.75, 3.05) is 13.1 Å². The number of non-ortho nitro benzene ring substituents is 1. The van der Waals surface area contributed by atoms with Gasteiger partial charge in [0.25, 0.3) is 11.6 Å². The monoisotopic (exact) mass is 350 g/mol. The van der Waals surface area contributed by atoms with Gasteiger partial charge in [-0.3, -0.25) is 14.9 Å². The molecule has 126 valence electrons. The first kappa shape index (κ1) is 16.3. The van der Waals surface area contributed by atoms with Gasteiger partial charge in [0.1, 0.15) is 0 Å². The van der Waals surface area contributed by atoms with E-state index in [9.17, 15) is 20.0 Å². The van der Waals surface area contributed by atoms with Crippen LogP contribution in [0.1, 0.15) is 16.8 Å². The number of amides is 1. The smallest absolute Gasteiger partial charge is 0.270 e. The van der Waals surface area contributed by atoms with Gasteiger partial charge in [-0.2, -0.15) is 0 Å². The molecule has 2 aromatic rings. The molecule has 3 rings (SSSR count). The fourth-order valence-electron chi connectivity index (χ4n) is 2.39. The number of carbonyl (C=O) groups is 1. The maximum Gasteiger partial charge on any atom is 0.270 e. The number of nitrogens with zero attached hydrogens (tertiary/aromatic N) is 6. The summed E-state index contributed by atoms with van der Waals surface area (Å²) < 4.78 is 1.44. The van der Waals surface area contributed by atoms with Gasteiger partial charge in [0, 0.05) is 37.2 Å². The van der Waals surface area contributed by atoms with Gasteiger partial charge in [0.15, 0.2) is 0 Å². The van der Waals surface area contributed by atoms with Crippen LogP contribution in [0.4, 0.5) is 5.69 Å². The molecule has 1 aliphatic heterocycles. The van der Waals surface area contributed by atoms with E-state index in [1.54, 1.807) is 7.05 Å². The number of carbonyl (C=O) groups excluding carboxylic acids is 1. The molecule has 1 atom stereocenters. The highest BCUT2D eigenvalue weighted by Gasteiger charge is 2.28. The molecule has 1 N–H and O–H groups in total.